The Morgan fingerprint density at radius 1 is 1.42 bits per heavy atom. The van der Waals surface area contributed by atoms with Gasteiger partial charge in [-0.05, 0) is 30.7 Å². The Kier molecular flexibility index (Phi) is 5.33. The number of aromatic nitrogens is 1. The Morgan fingerprint density at radius 3 is 2.96 bits per heavy atom. The third kappa shape index (κ3) is 4.21. The Balaban J connectivity index is 1.74. The molecule has 1 fully saturated rings. The lowest BCUT2D eigenvalue weighted by atomic mass is 10.0. The molecule has 1 aliphatic rings. The summed E-state index contributed by atoms with van der Waals surface area (Å²) in [5.74, 6) is -0.117. The number of amides is 1. The lowest BCUT2D eigenvalue weighted by Crippen LogP contribution is -2.49. The summed E-state index contributed by atoms with van der Waals surface area (Å²) in [7, 11) is -3.26. The largest absolute Gasteiger partial charge is 0.333 e. The van der Waals surface area contributed by atoms with Crippen molar-refractivity contribution < 1.29 is 13.2 Å². The Bertz CT molecular complexity index is 799. The zero-order valence-corrected chi connectivity index (χ0v) is 15.7. The summed E-state index contributed by atoms with van der Waals surface area (Å²) in [6.07, 6.45) is 3.87. The summed E-state index contributed by atoms with van der Waals surface area (Å²) in [6.45, 7) is 0.896. The number of piperidine rings is 1. The van der Waals surface area contributed by atoms with E-state index in [0.717, 1.165) is 35.4 Å². The molecular formula is C15H19N3O3S3. The lowest BCUT2D eigenvalue weighted by Gasteiger charge is -2.35. The van der Waals surface area contributed by atoms with Gasteiger partial charge in [-0.1, -0.05) is 6.07 Å². The number of carbonyl (C=O) groups is 1. The van der Waals surface area contributed by atoms with E-state index in [1.165, 1.54) is 11.3 Å². The predicted molar refractivity (Wildman–Crippen MR) is 96.9 cm³/mol. The summed E-state index contributed by atoms with van der Waals surface area (Å²) in [4.78, 5) is 20.1. The topological polar surface area (TPSA) is 79.4 Å². The molecular weight excluding hydrogens is 366 g/mol. The Hall–Kier alpha value is -1.29. The molecule has 130 valence electrons. The zero-order chi connectivity index (χ0) is 17.2. The number of nitrogens with zero attached hydrogens (tertiary/aromatic N) is 2. The third-order valence-electron chi connectivity index (χ3n) is 3.92. The summed E-state index contributed by atoms with van der Waals surface area (Å²) in [5.41, 5.74) is 0.439. The lowest BCUT2D eigenvalue weighted by molar-refractivity contribution is 0.0613. The normalized spacial score (nSPS) is 18.7. The highest BCUT2D eigenvalue weighted by Crippen LogP contribution is 2.29. The minimum absolute atomic E-state index is 0.117. The fraction of sp³-hybridized carbons (Fsp3) is 0.467. The van der Waals surface area contributed by atoms with Crippen molar-refractivity contribution in [3.63, 3.8) is 0 Å². The highest BCUT2D eigenvalue weighted by Gasteiger charge is 2.29. The van der Waals surface area contributed by atoms with Gasteiger partial charge in [0.15, 0.2) is 0 Å². The van der Waals surface area contributed by atoms with E-state index < -0.39 is 10.0 Å². The van der Waals surface area contributed by atoms with E-state index >= 15 is 0 Å². The first kappa shape index (κ1) is 17.5. The van der Waals surface area contributed by atoms with Gasteiger partial charge in [-0.2, -0.15) is 0 Å². The van der Waals surface area contributed by atoms with Crippen LogP contribution in [-0.4, -0.2) is 49.6 Å². The van der Waals surface area contributed by atoms with E-state index in [1.807, 2.05) is 17.5 Å². The molecule has 9 heteroatoms. The number of thiophene rings is 1. The van der Waals surface area contributed by atoms with Crippen LogP contribution in [0.4, 0.5) is 0 Å². The van der Waals surface area contributed by atoms with Crippen molar-refractivity contribution in [2.24, 2.45) is 0 Å². The molecule has 24 heavy (non-hydrogen) atoms. The molecule has 1 amide bonds. The van der Waals surface area contributed by atoms with E-state index in [0.29, 0.717) is 12.2 Å². The maximum atomic E-state index is 12.8. The number of rotatable bonds is 5. The van der Waals surface area contributed by atoms with Crippen LogP contribution in [-0.2, 0) is 10.0 Å². The van der Waals surface area contributed by atoms with Crippen LogP contribution in [0.15, 0.2) is 22.9 Å². The van der Waals surface area contributed by atoms with E-state index in [2.05, 4.69) is 9.71 Å². The van der Waals surface area contributed by atoms with Gasteiger partial charge >= 0.3 is 0 Å². The first-order valence-electron chi connectivity index (χ1n) is 7.69. The van der Waals surface area contributed by atoms with Crippen LogP contribution in [0, 0.1) is 0 Å². The number of carbonyl (C=O) groups excluding carboxylic acids is 1. The molecule has 3 heterocycles. The number of hydrogen-bond donors (Lipinski definition) is 1. The minimum atomic E-state index is -3.26. The van der Waals surface area contributed by atoms with Gasteiger partial charge in [-0.3, -0.25) is 4.79 Å². The Labute approximate surface area is 149 Å². The van der Waals surface area contributed by atoms with Crippen LogP contribution >= 0.6 is 22.7 Å². The maximum Gasteiger partial charge on any atom is 0.273 e. The smallest absolute Gasteiger partial charge is 0.273 e. The van der Waals surface area contributed by atoms with E-state index in [9.17, 15) is 13.2 Å². The zero-order valence-electron chi connectivity index (χ0n) is 13.3. The fourth-order valence-electron chi connectivity index (χ4n) is 2.76. The van der Waals surface area contributed by atoms with Crippen LogP contribution in [0.1, 0.15) is 29.8 Å². The number of likely N-dealkylation sites (tertiary alicyclic amines) is 1. The van der Waals surface area contributed by atoms with Crippen LogP contribution in [0.2, 0.25) is 0 Å². The molecule has 0 aliphatic carbocycles. The van der Waals surface area contributed by atoms with Crippen molar-refractivity contribution in [2.45, 2.75) is 25.3 Å². The summed E-state index contributed by atoms with van der Waals surface area (Å²) < 4.78 is 25.2. The first-order valence-corrected chi connectivity index (χ1v) is 11.3. The molecule has 0 radical (unpaired) electrons. The molecule has 0 saturated carbocycles. The standard InChI is InChI=1S/C15H19N3O3S3/c1-24(20,21)16-9-11-5-2-3-7-18(11)15(19)12-10-23-14(17-12)13-6-4-8-22-13/h4,6,8,10-11,16H,2-3,5,7,9H2,1H3. The second-order valence-electron chi connectivity index (χ2n) is 5.78. The molecule has 1 aliphatic heterocycles. The van der Waals surface area contributed by atoms with E-state index in [-0.39, 0.29) is 18.5 Å². The number of sulfonamides is 1. The van der Waals surface area contributed by atoms with Gasteiger partial charge in [0.2, 0.25) is 10.0 Å². The second kappa shape index (κ2) is 7.30. The van der Waals surface area contributed by atoms with Crippen molar-refractivity contribution in [1.82, 2.24) is 14.6 Å². The summed E-state index contributed by atoms with van der Waals surface area (Å²) in [5, 5.41) is 4.61. The Morgan fingerprint density at radius 2 is 2.25 bits per heavy atom. The highest BCUT2D eigenvalue weighted by molar-refractivity contribution is 7.88. The number of hydrogen-bond acceptors (Lipinski definition) is 6. The SMILES string of the molecule is CS(=O)(=O)NCC1CCCCN1C(=O)c1csc(-c2cccs2)n1. The molecule has 3 rings (SSSR count). The second-order valence-corrected chi connectivity index (χ2v) is 9.42. The summed E-state index contributed by atoms with van der Waals surface area (Å²) >= 11 is 3.05. The van der Waals surface area contributed by atoms with Crippen molar-refractivity contribution in [1.29, 1.82) is 0 Å². The van der Waals surface area contributed by atoms with Crippen molar-refractivity contribution >= 4 is 38.6 Å². The van der Waals surface area contributed by atoms with E-state index in [4.69, 9.17) is 0 Å². The monoisotopic (exact) mass is 385 g/mol. The van der Waals surface area contributed by atoms with Gasteiger partial charge in [-0.25, -0.2) is 18.1 Å². The molecule has 0 bridgehead atoms. The molecule has 1 saturated heterocycles. The molecule has 1 atom stereocenters. The predicted octanol–water partition coefficient (Wildman–Crippen LogP) is 2.42. The first-order chi connectivity index (χ1) is 11.4. The summed E-state index contributed by atoms with van der Waals surface area (Å²) in [6, 6.07) is 3.82. The van der Waals surface area contributed by atoms with Crippen LogP contribution in [0.3, 0.4) is 0 Å². The van der Waals surface area contributed by atoms with Crippen LogP contribution < -0.4 is 4.72 Å². The van der Waals surface area contributed by atoms with Gasteiger partial charge in [0.1, 0.15) is 10.7 Å². The van der Waals surface area contributed by atoms with Crippen molar-refractivity contribution in [3.8, 4) is 9.88 Å². The average Bonchev–Trinajstić information content (AvgIpc) is 3.22. The van der Waals surface area contributed by atoms with Crippen LogP contribution in [0.5, 0.6) is 0 Å². The fourth-order valence-corrected chi connectivity index (χ4v) is 4.86. The van der Waals surface area contributed by atoms with Gasteiger partial charge in [-0.15, -0.1) is 22.7 Å². The van der Waals surface area contributed by atoms with Gasteiger partial charge in [0, 0.05) is 24.5 Å². The van der Waals surface area contributed by atoms with Gasteiger partial charge < -0.3 is 4.90 Å². The molecule has 0 aromatic carbocycles. The molecule has 1 N–H and O–H groups in total. The molecule has 0 spiro atoms. The quantitative estimate of drug-likeness (QED) is 0.857. The van der Waals surface area contributed by atoms with Gasteiger partial charge in [0.05, 0.1) is 11.1 Å². The van der Waals surface area contributed by atoms with Gasteiger partial charge in [0.25, 0.3) is 5.91 Å². The van der Waals surface area contributed by atoms with Crippen molar-refractivity contribution in [3.05, 3.63) is 28.6 Å². The minimum Gasteiger partial charge on any atom is -0.333 e. The maximum absolute atomic E-state index is 12.8. The average molecular weight is 386 g/mol. The van der Waals surface area contributed by atoms with Crippen molar-refractivity contribution in [2.75, 3.05) is 19.3 Å². The van der Waals surface area contributed by atoms with Crippen LogP contribution in [0.25, 0.3) is 9.88 Å². The molecule has 2 aromatic heterocycles. The number of thiazole rings is 1. The van der Waals surface area contributed by atoms with E-state index in [1.54, 1.807) is 21.6 Å². The molecule has 1 unspecified atom stereocenters. The molecule has 2 aromatic rings. The third-order valence-corrected chi connectivity index (χ3v) is 6.50. The molecule has 6 nitrogen and oxygen atoms in total. The highest BCUT2D eigenvalue weighted by atomic mass is 32.2. The number of nitrogens with one attached hydrogen (secondary N) is 1.